The van der Waals surface area contributed by atoms with Gasteiger partial charge in [-0.3, -0.25) is 9.59 Å². The van der Waals surface area contributed by atoms with Crippen molar-refractivity contribution in [1.29, 1.82) is 0 Å². The van der Waals surface area contributed by atoms with Crippen LogP contribution in [0.4, 0.5) is 5.69 Å². The first kappa shape index (κ1) is 15.6. The number of rotatable bonds is 4. The maximum Gasteiger partial charge on any atom is 0.312 e. The molecule has 1 aromatic carbocycles. The van der Waals surface area contributed by atoms with Crippen molar-refractivity contribution in [2.45, 2.75) is 6.42 Å². The molecule has 1 aromatic rings. The number of amides is 2. The maximum atomic E-state index is 12.0. The monoisotopic (exact) mass is 309 g/mol. The van der Waals surface area contributed by atoms with Crippen molar-refractivity contribution in [2.75, 3.05) is 43.5 Å². The lowest BCUT2D eigenvalue weighted by Crippen LogP contribution is -2.52. The Balaban J connectivity index is 1.80. The van der Waals surface area contributed by atoms with E-state index in [9.17, 15) is 9.59 Å². The normalized spacial score (nSPS) is 14.9. The Bertz CT molecular complexity index is 473. The second-order valence-electron chi connectivity index (χ2n) is 4.91. The van der Waals surface area contributed by atoms with Gasteiger partial charge in [0.05, 0.1) is 0 Å². The summed E-state index contributed by atoms with van der Waals surface area (Å²) in [5.41, 5.74) is 1.15. The lowest BCUT2D eigenvalue weighted by Gasteiger charge is -2.35. The number of piperazine rings is 1. The van der Waals surface area contributed by atoms with E-state index in [2.05, 4.69) is 22.3 Å². The van der Waals surface area contributed by atoms with E-state index in [1.165, 1.54) is 0 Å². The quantitative estimate of drug-likeness (QED) is 0.514. The van der Waals surface area contributed by atoms with Crippen LogP contribution in [0.5, 0.6) is 0 Å². The summed E-state index contributed by atoms with van der Waals surface area (Å²) < 4.78 is 0. The van der Waals surface area contributed by atoms with E-state index >= 15 is 0 Å². The van der Waals surface area contributed by atoms with Crippen LogP contribution >= 0.6 is 11.6 Å². The molecule has 1 N–H and O–H groups in total. The Hall–Kier alpha value is -1.75. The number of anilines is 1. The molecular formula is C15H20ClN3O2. The van der Waals surface area contributed by atoms with E-state index < -0.39 is 11.8 Å². The summed E-state index contributed by atoms with van der Waals surface area (Å²) in [7, 11) is 0. The third-order valence-electron chi connectivity index (χ3n) is 3.48. The number of para-hydroxylation sites is 1. The lowest BCUT2D eigenvalue weighted by atomic mass is 10.2. The second kappa shape index (κ2) is 7.88. The first-order valence-corrected chi connectivity index (χ1v) is 7.69. The molecular weight excluding hydrogens is 290 g/mol. The fraction of sp³-hybridized carbons (Fsp3) is 0.467. The summed E-state index contributed by atoms with van der Waals surface area (Å²) in [6.07, 6.45) is 0.669. The Kier molecular flexibility index (Phi) is 5.87. The summed E-state index contributed by atoms with van der Waals surface area (Å²) in [5.74, 6) is -0.505. The minimum atomic E-state index is -0.534. The van der Waals surface area contributed by atoms with Crippen molar-refractivity contribution in [3.63, 3.8) is 0 Å². The van der Waals surface area contributed by atoms with E-state index in [0.29, 0.717) is 31.9 Å². The van der Waals surface area contributed by atoms with Gasteiger partial charge < -0.3 is 15.1 Å². The van der Waals surface area contributed by atoms with Crippen LogP contribution in [0.2, 0.25) is 0 Å². The van der Waals surface area contributed by atoms with Gasteiger partial charge in [-0.25, -0.2) is 0 Å². The molecule has 114 valence electrons. The third kappa shape index (κ3) is 4.36. The average Bonchev–Trinajstić information content (AvgIpc) is 2.55. The van der Waals surface area contributed by atoms with Gasteiger partial charge in [-0.05, 0) is 18.6 Å². The van der Waals surface area contributed by atoms with Crippen LogP contribution in [-0.4, -0.2) is 55.3 Å². The van der Waals surface area contributed by atoms with Crippen LogP contribution in [0.1, 0.15) is 6.42 Å². The van der Waals surface area contributed by atoms with Crippen molar-refractivity contribution in [1.82, 2.24) is 10.2 Å². The van der Waals surface area contributed by atoms with Crippen molar-refractivity contribution in [2.24, 2.45) is 0 Å². The van der Waals surface area contributed by atoms with E-state index in [4.69, 9.17) is 11.6 Å². The van der Waals surface area contributed by atoms with Gasteiger partial charge in [0.25, 0.3) is 0 Å². The van der Waals surface area contributed by atoms with E-state index in [1.807, 2.05) is 18.2 Å². The summed E-state index contributed by atoms with van der Waals surface area (Å²) in [4.78, 5) is 27.5. The van der Waals surface area contributed by atoms with E-state index in [1.54, 1.807) is 4.90 Å². The van der Waals surface area contributed by atoms with Crippen molar-refractivity contribution in [3.8, 4) is 0 Å². The Labute approximate surface area is 129 Å². The number of nitrogens with zero attached hydrogens (tertiary/aromatic N) is 2. The van der Waals surface area contributed by atoms with Gasteiger partial charge in [-0.15, -0.1) is 11.6 Å². The number of halogens is 1. The molecule has 6 heteroatoms. The number of carbonyl (C=O) groups is 2. The highest BCUT2D eigenvalue weighted by atomic mass is 35.5. The average molecular weight is 310 g/mol. The first-order valence-electron chi connectivity index (χ1n) is 7.15. The molecule has 0 radical (unpaired) electrons. The molecule has 2 amide bonds. The van der Waals surface area contributed by atoms with Crippen LogP contribution in [-0.2, 0) is 9.59 Å². The van der Waals surface area contributed by atoms with Crippen LogP contribution < -0.4 is 10.2 Å². The van der Waals surface area contributed by atoms with Gasteiger partial charge in [0, 0.05) is 44.3 Å². The molecule has 1 fully saturated rings. The van der Waals surface area contributed by atoms with E-state index in [0.717, 1.165) is 18.8 Å². The van der Waals surface area contributed by atoms with Crippen LogP contribution in [0.15, 0.2) is 30.3 Å². The maximum absolute atomic E-state index is 12.0. The van der Waals surface area contributed by atoms with Crippen LogP contribution in [0.3, 0.4) is 0 Å². The summed E-state index contributed by atoms with van der Waals surface area (Å²) in [6, 6.07) is 10.1. The molecule has 1 aliphatic rings. The molecule has 2 rings (SSSR count). The van der Waals surface area contributed by atoms with Gasteiger partial charge in [-0.1, -0.05) is 18.2 Å². The molecule has 1 saturated heterocycles. The molecule has 1 aliphatic heterocycles. The molecule has 0 saturated carbocycles. The molecule has 0 unspecified atom stereocenters. The highest BCUT2D eigenvalue weighted by molar-refractivity contribution is 6.35. The number of carbonyl (C=O) groups excluding carboxylic acids is 2. The van der Waals surface area contributed by atoms with Crippen molar-refractivity contribution >= 4 is 29.1 Å². The van der Waals surface area contributed by atoms with Crippen LogP contribution in [0.25, 0.3) is 0 Å². The zero-order valence-electron chi connectivity index (χ0n) is 11.9. The van der Waals surface area contributed by atoms with Crippen molar-refractivity contribution in [3.05, 3.63) is 30.3 Å². The number of hydrogen-bond donors (Lipinski definition) is 1. The molecule has 0 atom stereocenters. The third-order valence-corrected chi connectivity index (χ3v) is 3.75. The topological polar surface area (TPSA) is 52.7 Å². The molecule has 5 nitrogen and oxygen atoms in total. The lowest BCUT2D eigenvalue weighted by molar-refractivity contribution is -0.146. The number of alkyl halides is 1. The second-order valence-corrected chi connectivity index (χ2v) is 5.29. The molecule has 21 heavy (non-hydrogen) atoms. The summed E-state index contributed by atoms with van der Waals surface area (Å²) in [6.45, 7) is 3.06. The van der Waals surface area contributed by atoms with Gasteiger partial charge in [-0.2, -0.15) is 0 Å². The van der Waals surface area contributed by atoms with Gasteiger partial charge in [0.2, 0.25) is 0 Å². The number of hydrogen-bond acceptors (Lipinski definition) is 3. The predicted octanol–water partition coefficient (Wildman–Crippen LogP) is 1.08. The largest absolute Gasteiger partial charge is 0.368 e. The minimum absolute atomic E-state index is 0.443. The minimum Gasteiger partial charge on any atom is -0.368 e. The van der Waals surface area contributed by atoms with Crippen molar-refractivity contribution < 1.29 is 9.59 Å². The van der Waals surface area contributed by atoms with Gasteiger partial charge >= 0.3 is 11.8 Å². The van der Waals surface area contributed by atoms with Crippen LogP contribution in [0, 0.1) is 0 Å². The highest BCUT2D eigenvalue weighted by Crippen LogP contribution is 2.15. The Morgan fingerprint density at radius 3 is 2.38 bits per heavy atom. The first-order chi connectivity index (χ1) is 10.2. The fourth-order valence-electron chi connectivity index (χ4n) is 2.29. The number of nitrogens with one attached hydrogen (secondary N) is 1. The summed E-state index contributed by atoms with van der Waals surface area (Å²) in [5, 5.41) is 2.60. The summed E-state index contributed by atoms with van der Waals surface area (Å²) >= 11 is 5.54. The zero-order chi connectivity index (χ0) is 15.1. The standard InChI is InChI=1S/C15H20ClN3O2/c16-7-4-8-17-14(20)15(21)19-11-9-18(10-12-19)13-5-2-1-3-6-13/h1-3,5-6H,4,7-12H2,(H,17,20). The molecule has 0 spiro atoms. The molecule has 0 aliphatic carbocycles. The fourth-order valence-corrected chi connectivity index (χ4v) is 2.43. The Morgan fingerprint density at radius 2 is 1.76 bits per heavy atom. The molecule has 1 heterocycles. The highest BCUT2D eigenvalue weighted by Gasteiger charge is 2.25. The smallest absolute Gasteiger partial charge is 0.312 e. The Morgan fingerprint density at radius 1 is 1.10 bits per heavy atom. The predicted molar refractivity (Wildman–Crippen MR) is 83.6 cm³/mol. The van der Waals surface area contributed by atoms with E-state index in [-0.39, 0.29) is 0 Å². The number of benzene rings is 1. The molecule has 0 aromatic heterocycles. The van der Waals surface area contributed by atoms with Gasteiger partial charge in [0.1, 0.15) is 0 Å². The SMILES string of the molecule is O=C(NCCCCl)C(=O)N1CCN(c2ccccc2)CC1. The molecule has 0 bridgehead atoms. The zero-order valence-corrected chi connectivity index (χ0v) is 12.7. The van der Waals surface area contributed by atoms with Gasteiger partial charge in [0.15, 0.2) is 0 Å².